The molecule has 3 nitrogen and oxygen atoms in total. The Bertz CT molecular complexity index is 721. The third-order valence-corrected chi connectivity index (χ3v) is 6.50. The van der Waals surface area contributed by atoms with Crippen LogP contribution in [-0.4, -0.2) is 23.1 Å². The van der Waals surface area contributed by atoms with E-state index in [0.29, 0.717) is 0 Å². The Kier molecular flexibility index (Phi) is 3.63. The lowest BCUT2D eigenvalue weighted by Crippen LogP contribution is -2.51. The summed E-state index contributed by atoms with van der Waals surface area (Å²) in [6.07, 6.45) is 5.47. The quantitative estimate of drug-likeness (QED) is 0.787. The molecule has 3 heteroatoms. The Morgan fingerprint density at radius 3 is 2.67 bits per heavy atom. The molecule has 0 spiro atoms. The number of hydrogen-bond acceptors (Lipinski definition) is 2. The molecule has 1 aromatic carbocycles. The summed E-state index contributed by atoms with van der Waals surface area (Å²) in [5.74, 6) is -0.569. The third kappa shape index (κ3) is 2.03. The third-order valence-electron chi connectivity index (χ3n) is 6.50. The van der Waals surface area contributed by atoms with Gasteiger partial charge in [-0.15, -0.1) is 0 Å². The van der Waals surface area contributed by atoms with Gasteiger partial charge in [0.15, 0.2) is 0 Å². The molecule has 3 aliphatic rings. The SMILES string of the molecule is CC[C@]12CCCN3C(=O)[C@@H](C(C)=O)[C@H](c4ccccc4)C(=C31)CC2. The maximum atomic E-state index is 13.2. The van der Waals surface area contributed by atoms with Crippen LogP contribution < -0.4 is 0 Å². The normalized spacial score (nSPS) is 32.1. The van der Waals surface area contributed by atoms with E-state index in [9.17, 15) is 9.59 Å². The zero-order chi connectivity index (χ0) is 16.9. The Labute approximate surface area is 143 Å². The van der Waals surface area contributed by atoms with Crippen molar-refractivity contribution in [3.8, 4) is 0 Å². The highest BCUT2D eigenvalue weighted by Gasteiger charge is 2.54. The van der Waals surface area contributed by atoms with Crippen molar-refractivity contribution in [2.75, 3.05) is 6.54 Å². The first-order valence-corrected chi connectivity index (χ1v) is 9.19. The standard InChI is InChI=1S/C21H25NO2/c1-3-21-11-7-13-22-19(21)16(10-12-21)18(15-8-5-4-6-9-15)17(14(2)23)20(22)24/h4-6,8-9,17-18H,3,7,10-13H2,1-2H3/t17-,18+,21+/m0/s1. The molecular weight excluding hydrogens is 298 g/mol. The summed E-state index contributed by atoms with van der Waals surface area (Å²) in [5, 5.41) is 0. The molecule has 1 fully saturated rings. The maximum absolute atomic E-state index is 13.2. The van der Waals surface area contributed by atoms with E-state index >= 15 is 0 Å². The first kappa shape index (κ1) is 15.6. The van der Waals surface area contributed by atoms with Gasteiger partial charge in [-0.3, -0.25) is 9.59 Å². The molecule has 4 rings (SSSR count). The van der Waals surface area contributed by atoms with Gasteiger partial charge >= 0.3 is 0 Å². The van der Waals surface area contributed by atoms with Crippen molar-refractivity contribution in [2.24, 2.45) is 11.3 Å². The number of hydrogen-bond donors (Lipinski definition) is 0. The van der Waals surface area contributed by atoms with Crippen LogP contribution in [0.4, 0.5) is 0 Å². The molecule has 1 amide bonds. The minimum absolute atomic E-state index is 0.0000231. The van der Waals surface area contributed by atoms with Crippen molar-refractivity contribution < 1.29 is 9.59 Å². The van der Waals surface area contributed by atoms with Crippen LogP contribution in [-0.2, 0) is 9.59 Å². The zero-order valence-electron chi connectivity index (χ0n) is 14.5. The minimum Gasteiger partial charge on any atom is -0.315 e. The van der Waals surface area contributed by atoms with Gasteiger partial charge in [-0.2, -0.15) is 0 Å². The van der Waals surface area contributed by atoms with Crippen LogP contribution in [0.3, 0.4) is 0 Å². The second-order valence-electron chi connectivity index (χ2n) is 7.58. The van der Waals surface area contributed by atoms with Crippen molar-refractivity contribution in [3.63, 3.8) is 0 Å². The summed E-state index contributed by atoms with van der Waals surface area (Å²) >= 11 is 0. The molecule has 2 aliphatic heterocycles. The molecule has 1 aliphatic carbocycles. The van der Waals surface area contributed by atoms with Gasteiger partial charge in [0.1, 0.15) is 11.7 Å². The second kappa shape index (κ2) is 5.58. The van der Waals surface area contributed by atoms with Crippen LogP contribution in [0, 0.1) is 11.3 Å². The number of ketones is 1. The Hall–Kier alpha value is -1.90. The highest BCUT2D eigenvalue weighted by molar-refractivity contribution is 6.03. The molecule has 2 heterocycles. The number of benzene rings is 1. The summed E-state index contributed by atoms with van der Waals surface area (Å²) in [7, 11) is 0. The lowest BCUT2D eigenvalue weighted by molar-refractivity contribution is -0.142. The number of Topliss-reactive ketones (excluding diaryl/α,β-unsaturated/α-hetero) is 1. The van der Waals surface area contributed by atoms with Gasteiger partial charge in [-0.1, -0.05) is 37.3 Å². The molecule has 0 saturated carbocycles. The summed E-state index contributed by atoms with van der Waals surface area (Å²) in [4.78, 5) is 27.6. The van der Waals surface area contributed by atoms with E-state index in [1.54, 1.807) is 6.92 Å². The van der Waals surface area contributed by atoms with Crippen LogP contribution in [0.2, 0.25) is 0 Å². The Morgan fingerprint density at radius 2 is 2.00 bits per heavy atom. The number of nitrogens with zero attached hydrogens (tertiary/aromatic N) is 1. The van der Waals surface area contributed by atoms with Gasteiger partial charge in [0.05, 0.1) is 0 Å². The fourth-order valence-electron chi connectivity index (χ4n) is 5.36. The largest absolute Gasteiger partial charge is 0.315 e. The summed E-state index contributed by atoms with van der Waals surface area (Å²) in [6, 6.07) is 10.2. The van der Waals surface area contributed by atoms with E-state index in [0.717, 1.165) is 37.8 Å². The average Bonchev–Trinajstić information content (AvgIpc) is 2.99. The molecule has 1 aromatic rings. The molecule has 0 N–H and O–H groups in total. The van der Waals surface area contributed by atoms with Crippen molar-refractivity contribution in [1.29, 1.82) is 0 Å². The molecule has 126 valence electrons. The number of carbonyl (C=O) groups is 2. The number of amides is 1. The minimum atomic E-state index is -0.545. The Balaban J connectivity index is 1.93. The highest BCUT2D eigenvalue weighted by Crippen LogP contribution is 2.59. The second-order valence-corrected chi connectivity index (χ2v) is 7.58. The molecule has 0 unspecified atom stereocenters. The van der Waals surface area contributed by atoms with Crippen molar-refractivity contribution >= 4 is 11.7 Å². The van der Waals surface area contributed by atoms with Crippen molar-refractivity contribution in [2.45, 2.75) is 51.9 Å². The molecular formula is C21H25NO2. The highest BCUT2D eigenvalue weighted by atomic mass is 16.2. The zero-order valence-corrected chi connectivity index (χ0v) is 14.5. The lowest BCUT2D eigenvalue weighted by Gasteiger charge is -2.47. The van der Waals surface area contributed by atoms with Crippen molar-refractivity contribution in [1.82, 2.24) is 4.90 Å². The van der Waals surface area contributed by atoms with E-state index in [1.165, 1.54) is 17.7 Å². The van der Waals surface area contributed by atoms with Crippen LogP contribution in [0.15, 0.2) is 41.6 Å². The van der Waals surface area contributed by atoms with Crippen LogP contribution >= 0.6 is 0 Å². The first-order chi connectivity index (χ1) is 11.6. The number of rotatable bonds is 3. The summed E-state index contributed by atoms with van der Waals surface area (Å²) in [5.41, 5.74) is 3.93. The number of carbonyl (C=O) groups excluding carboxylic acids is 2. The molecule has 24 heavy (non-hydrogen) atoms. The van der Waals surface area contributed by atoms with Gasteiger partial charge in [0.2, 0.25) is 5.91 Å². The van der Waals surface area contributed by atoms with Gasteiger partial charge in [0.25, 0.3) is 0 Å². The van der Waals surface area contributed by atoms with E-state index < -0.39 is 5.92 Å². The molecule has 0 aromatic heterocycles. The fourth-order valence-corrected chi connectivity index (χ4v) is 5.36. The lowest BCUT2D eigenvalue weighted by atomic mass is 9.70. The van der Waals surface area contributed by atoms with E-state index in [1.807, 2.05) is 23.1 Å². The van der Waals surface area contributed by atoms with Crippen LogP contribution in [0.5, 0.6) is 0 Å². The van der Waals surface area contributed by atoms with E-state index in [4.69, 9.17) is 0 Å². The molecule has 3 atom stereocenters. The van der Waals surface area contributed by atoms with E-state index in [-0.39, 0.29) is 23.0 Å². The maximum Gasteiger partial charge on any atom is 0.238 e. The van der Waals surface area contributed by atoms with Gasteiger partial charge in [-0.25, -0.2) is 0 Å². The predicted molar refractivity (Wildman–Crippen MR) is 93.3 cm³/mol. The smallest absolute Gasteiger partial charge is 0.238 e. The number of allylic oxidation sites excluding steroid dienone is 2. The summed E-state index contributed by atoms with van der Waals surface area (Å²) in [6.45, 7) is 4.61. The monoisotopic (exact) mass is 323 g/mol. The van der Waals surface area contributed by atoms with Gasteiger partial charge < -0.3 is 4.90 Å². The van der Waals surface area contributed by atoms with E-state index in [2.05, 4.69) is 19.1 Å². The molecule has 0 radical (unpaired) electrons. The van der Waals surface area contributed by atoms with Crippen LogP contribution in [0.25, 0.3) is 0 Å². The average molecular weight is 323 g/mol. The summed E-state index contributed by atoms with van der Waals surface area (Å²) < 4.78 is 0. The van der Waals surface area contributed by atoms with Crippen molar-refractivity contribution in [3.05, 3.63) is 47.2 Å². The number of piperidine rings is 1. The molecule has 1 saturated heterocycles. The fraction of sp³-hybridized carbons (Fsp3) is 0.524. The topological polar surface area (TPSA) is 37.4 Å². The first-order valence-electron chi connectivity index (χ1n) is 9.19. The Morgan fingerprint density at radius 1 is 1.25 bits per heavy atom. The van der Waals surface area contributed by atoms with Gasteiger partial charge in [-0.05, 0) is 50.2 Å². The predicted octanol–water partition coefficient (Wildman–Crippen LogP) is 4.06. The van der Waals surface area contributed by atoms with Gasteiger partial charge in [0, 0.05) is 23.6 Å². The van der Waals surface area contributed by atoms with Crippen LogP contribution in [0.1, 0.15) is 57.4 Å². The molecule has 0 bridgehead atoms.